The lowest BCUT2D eigenvalue weighted by Crippen LogP contribution is -2.57. The number of piperazine rings is 1. The van der Waals surface area contributed by atoms with Gasteiger partial charge in [0.25, 0.3) is 0 Å². The molecule has 4 rings (SSSR count). The predicted octanol–water partition coefficient (Wildman–Crippen LogP) is 2.67. The Morgan fingerprint density at radius 2 is 2.07 bits per heavy atom. The molecular weight excluding hydrogens is 408 g/mol. The number of amides is 1. The SMILES string of the molecule is C[C@@H]1SCc2ncnc(N3CCN(C(=O)[C@H](N)Cc4ccc(F)c(F)c4)C[C@@H]3C)c21. The van der Waals surface area contributed by atoms with Crippen molar-refractivity contribution in [2.24, 2.45) is 5.73 Å². The highest BCUT2D eigenvalue weighted by molar-refractivity contribution is 7.99. The standard InChI is InChI=1S/C21H25F2N5OS/c1-12-9-27(21(29)17(24)8-14-3-4-15(22)16(23)7-14)5-6-28(12)20-19-13(2)30-10-18(19)25-11-26-20/h3-4,7,11-13,17H,5-6,8-10,24H2,1-2H3/t12-,13-,17+/m0/s1. The highest BCUT2D eigenvalue weighted by atomic mass is 32.2. The Kier molecular flexibility index (Phi) is 5.92. The molecule has 0 bridgehead atoms. The molecule has 1 saturated heterocycles. The van der Waals surface area contributed by atoms with Gasteiger partial charge in [-0.05, 0) is 38.0 Å². The van der Waals surface area contributed by atoms with Gasteiger partial charge in [-0.1, -0.05) is 6.07 Å². The van der Waals surface area contributed by atoms with Crippen molar-refractivity contribution in [2.45, 2.75) is 43.4 Å². The third kappa shape index (κ3) is 4.00. The van der Waals surface area contributed by atoms with Crippen molar-refractivity contribution >= 4 is 23.5 Å². The fourth-order valence-corrected chi connectivity index (χ4v) is 5.23. The number of fused-ring (bicyclic) bond motifs is 1. The lowest BCUT2D eigenvalue weighted by Gasteiger charge is -2.42. The Balaban J connectivity index is 1.42. The van der Waals surface area contributed by atoms with E-state index in [1.165, 1.54) is 11.6 Å². The highest BCUT2D eigenvalue weighted by Crippen LogP contribution is 2.44. The molecule has 2 aromatic rings. The fraction of sp³-hybridized carbons (Fsp3) is 0.476. The minimum Gasteiger partial charge on any atom is -0.350 e. The number of carbonyl (C=O) groups excluding carboxylic acids is 1. The Morgan fingerprint density at radius 1 is 1.27 bits per heavy atom. The van der Waals surface area contributed by atoms with E-state index in [1.54, 1.807) is 11.2 Å². The summed E-state index contributed by atoms with van der Waals surface area (Å²) in [5, 5.41) is 0.354. The van der Waals surface area contributed by atoms with Crippen molar-refractivity contribution in [2.75, 3.05) is 24.5 Å². The Labute approximate surface area is 178 Å². The van der Waals surface area contributed by atoms with E-state index in [9.17, 15) is 13.6 Å². The maximum Gasteiger partial charge on any atom is 0.239 e. The van der Waals surface area contributed by atoms with E-state index in [1.807, 2.05) is 11.8 Å². The number of halogens is 2. The number of nitrogens with two attached hydrogens (primary N) is 1. The topological polar surface area (TPSA) is 75.4 Å². The molecule has 0 aliphatic carbocycles. The molecule has 30 heavy (non-hydrogen) atoms. The molecule has 1 fully saturated rings. The summed E-state index contributed by atoms with van der Waals surface area (Å²) in [5.41, 5.74) is 8.90. The normalized spacial score (nSPS) is 22.2. The molecule has 6 nitrogen and oxygen atoms in total. The number of carbonyl (C=O) groups is 1. The maximum atomic E-state index is 13.4. The zero-order valence-electron chi connectivity index (χ0n) is 17.0. The van der Waals surface area contributed by atoms with Crippen LogP contribution < -0.4 is 10.6 Å². The molecule has 0 spiro atoms. The van der Waals surface area contributed by atoms with Crippen LogP contribution in [-0.2, 0) is 17.0 Å². The van der Waals surface area contributed by atoms with Gasteiger partial charge in [0, 0.05) is 42.2 Å². The number of hydrogen-bond donors (Lipinski definition) is 1. The number of aromatic nitrogens is 2. The Bertz CT molecular complexity index is 959. The largest absolute Gasteiger partial charge is 0.350 e. The summed E-state index contributed by atoms with van der Waals surface area (Å²) >= 11 is 1.86. The van der Waals surface area contributed by atoms with Crippen molar-refractivity contribution in [3.8, 4) is 0 Å². The van der Waals surface area contributed by atoms with Crippen LogP contribution in [0.25, 0.3) is 0 Å². The van der Waals surface area contributed by atoms with Crippen LogP contribution in [0.4, 0.5) is 14.6 Å². The molecule has 2 aliphatic rings. The lowest BCUT2D eigenvalue weighted by molar-refractivity contribution is -0.133. The second-order valence-corrected chi connectivity index (χ2v) is 9.23. The molecule has 9 heteroatoms. The van der Waals surface area contributed by atoms with Crippen LogP contribution in [0.2, 0.25) is 0 Å². The number of nitrogens with zero attached hydrogens (tertiary/aromatic N) is 4. The maximum absolute atomic E-state index is 13.4. The van der Waals surface area contributed by atoms with Crippen molar-refractivity contribution in [1.29, 1.82) is 0 Å². The van der Waals surface area contributed by atoms with Crippen LogP contribution in [0, 0.1) is 11.6 Å². The van der Waals surface area contributed by atoms with Crippen LogP contribution in [0.1, 0.15) is 35.9 Å². The van der Waals surface area contributed by atoms with Gasteiger partial charge in [0.1, 0.15) is 12.1 Å². The zero-order valence-corrected chi connectivity index (χ0v) is 17.8. The first-order chi connectivity index (χ1) is 14.3. The summed E-state index contributed by atoms with van der Waals surface area (Å²) in [5.74, 6) is -0.157. The molecule has 160 valence electrons. The quantitative estimate of drug-likeness (QED) is 0.799. The fourth-order valence-electron chi connectivity index (χ4n) is 4.18. The second-order valence-electron chi connectivity index (χ2n) is 7.90. The summed E-state index contributed by atoms with van der Waals surface area (Å²) in [6, 6.07) is 2.89. The molecular formula is C21H25F2N5OS. The minimum atomic E-state index is -0.931. The summed E-state index contributed by atoms with van der Waals surface area (Å²) in [6.45, 7) is 5.97. The van der Waals surface area contributed by atoms with Gasteiger partial charge in [-0.3, -0.25) is 4.79 Å². The number of anilines is 1. The zero-order chi connectivity index (χ0) is 21.4. The molecule has 0 radical (unpaired) electrons. The first-order valence-electron chi connectivity index (χ1n) is 10.1. The van der Waals surface area contributed by atoms with Gasteiger partial charge >= 0.3 is 0 Å². The number of benzene rings is 1. The third-order valence-electron chi connectivity index (χ3n) is 5.79. The monoisotopic (exact) mass is 433 g/mol. The van der Waals surface area contributed by atoms with Crippen molar-refractivity contribution in [1.82, 2.24) is 14.9 Å². The van der Waals surface area contributed by atoms with Crippen molar-refractivity contribution in [3.63, 3.8) is 0 Å². The predicted molar refractivity (Wildman–Crippen MR) is 113 cm³/mol. The number of rotatable bonds is 4. The van der Waals surface area contributed by atoms with E-state index in [4.69, 9.17) is 5.73 Å². The number of hydrogen-bond acceptors (Lipinski definition) is 6. The number of thioether (sulfide) groups is 1. The summed E-state index contributed by atoms with van der Waals surface area (Å²) in [4.78, 5) is 25.8. The Morgan fingerprint density at radius 3 is 2.80 bits per heavy atom. The van der Waals surface area contributed by atoms with Gasteiger partial charge in [-0.2, -0.15) is 0 Å². The Hall–Kier alpha value is -2.26. The average molecular weight is 434 g/mol. The third-order valence-corrected chi connectivity index (χ3v) is 6.97. The van der Waals surface area contributed by atoms with E-state index in [0.717, 1.165) is 29.4 Å². The first kappa shape index (κ1) is 21.0. The van der Waals surface area contributed by atoms with Crippen LogP contribution in [0.5, 0.6) is 0 Å². The van der Waals surface area contributed by atoms with E-state index in [2.05, 4.69) is 28.7 Å². The molecule has 1 aromatic heterocycles. The molecule has 0 saturated carbocycles. The van der Waals surface area contributed by atoms with E-state index >= 15 is 0 Å². The molecule has 2 aliphatic heterocycles. The van der Waals surface area contributed by atoms with E-state index < -0.39 is 17.7 Å². The molecule has 3 heterocycles. The van der Waals surface area contributed by atoms with Crippen LogP contribution in [0.15, 0.2) is 24.5 Å². The van der Waals surface area contributed by atoms with Gasteiger partial charge < -0.3 is 15.5 Å². The lowest BCUT2D eigenvalue weighted by atomic mass is 10.0. The van der Waals surface area contributed by atoms with E-state index in [0.29, 0.717) is 30.4 Å². The van der Waals surface area contributed by atoms with Gasteiger partial charge in [0.2, 0.25) is 5.91 Å². The van der Waals surface area contributed by atoms with Crippen molar-refractivity contribution < 1.29 is 13.6 Å². The molecule has 1 amide bonds. The van der Waals surface area contributed by atoms with Gasteiger partial charge in [0.05, 0.1) is 11.7 Å². The van der Waals surface area contributed by atoms with Crippen LogP contribution >= 0.6 is 11.8 Å². The molecule has 1 aromatic carbocycles. The molecule has 3 atom stereocenters. The summed E-state index contributed by atoms with van der Waals surface area (Å²) in [7, 11) is 0. The summed E-state index contributed by atoms with van der Waals surface area (Å²) < 4.78 is 26.6. The van der Waals surface area contributed by atoms with Crippen LogP contribution in [0.3, 0.4) is 0 Å². The van der Waals surface area contributed by atoms with Gasteiger partial charge in [-0.25, -0.2) is 18.7 Å². The highest BCUT2D eigenvalue weighted by Gasteiger charge is 2.34. The van der Waals surface area contributed by atoms with E-state index in [-0.39, 0.29) is 18.4 Å². The minimum absolute atomic E-state index is 0.0787. The molecule has 0 unspecified atom stereocenters. The smallest absolute Gasteiger partial charge is 0.239 e. The molecule has 2 N–H and O–H groups in total. The van der Waals surface area contributed by atoms with Crippen molar-refractivity contribution in [3.05, 3.63) is 53.0 Å². The van der Waals surface area contributed by atoms with Gasteiger partial charge in [-0.15, -0.1) is 11.8 Å². The van der Waals surface area contributed by atoms with Crippen LogP contribution in [-0.4, -0.2) is 52.5 Å². The van der Waals surface area contributed by atoms with Gasteiger partial charge in [0.15, 0.2) is 11.6 Å². The second kappa shape index (κ2) is 8.47. The first-order valence-corrected chi connectivity index (χ1v) is 11.1. The average Bonchev–Trinajstić information content (AvgIpc) is 3.11. The summed E-state index contributed by atoms with van der Waals surface area (Å²) in [6.07, 6.45) is 1.79.